The van der Waals surface area contributed by atoms with E-state index in [1.54, 1.807) is 30.5 Å². The average molecular weight is 470 g/mol. The lowest BCUT2D eigenvalue weighted by Gasteiger charge is -2.18. The number of hydrogen-bond acceptors (Lipinski definition) is 7. The topological polar surface area (TPSA) is 77.1 Å². The molecule has 0 N–H and O–H groups in total. The van der Waals surface area contributed by atoms with Crippen LogP contribution in [0.4, 0.5) is 15.2 Å². The molecule has 4 rings (SSSR count). The largest absolute Gasteiger partial charge is 0.469 e. The summed E-state index contributed by atoms with van der Waals surface area (Å²) in [5.74, 6) is 1.20. The molecule has 0 bridgehead atoms. The summed E-state index contributed by atoms with van der Waals surface area (Å²) in [5.41, 5.74) is 1.82. The van der Waals surface area contributed by atoms with Crippen LogP contribution in [0.1, 0.15) is 18.4 Å². The number of thiazole rings is 1. The minimum atomic E-state index is -0.478. The van der Waals surface area contributed by atoms with Crippen molar-refractivity contribution in [2.45, 2.75) is 31.3 Å². The van der Waals surface area contributed by atoms with Gasteiger partial charge in [0.05, 0.1) is 23.2 Å². The van der Waals surface area contributed by atoms with Crippen molar-refractivity contribution in [3.05, 3.63) is 71.9 Å². The van der Waals surface area contributed by atoms with Gasteiger partial charge < -0.3 is 4.42 Å². The molecule has 0 aliphatic heterocycles. The van der Waals surface area contributed by atoms with Crippen molar-refractivity contribution >= 4 is 39.8 Å². The van der Waals surface area contributed by atoms with Crippen molar-refractivity contribution < 1.29 is 13.6 Å². The predicted octanol–water partition coefficient (Wildman–Crippen LogP) is 5.61. The molecule has 0 atom stereocenters. The lowest BCUT2D eigenvalue weighted by molar-refractivity contribution is -0.115. The monoisotopic (exact) mass is 469 g/mol. The molecule has 0 radical (unpaired) electrons. The smallest absolute Gasteiger partial charge is 0.230 e. The van der Waals surface area contributed by atoms with E-state index in [2.05, 4.69) is 21.8 Å². The third kappa shape index (κ3) is 4.37. The van der Waals surface area contributed by atoms with Crippen LogP contribution in [0.3, 0.4) is 0 Å². The Balaban J connectivity index is 1.55. The Morgan fingerprint density at radius 2 is 2.16 bits per heavy atom. The van der Waals surface area contributed by atoms with Crippen LogP contribution < -0.4 is 4.90 Å². The van der Waals surface area contributed by atoms with Gasteiger partial charge in [0.15, 0.2) is 16.1 Å². The van der Waals surface area contributed by atoms with Crippen LogP contribution in [0.15, 0.2) is 64.2 Å². The summed E-state index contributed by atoms with van der Waals surface area (Å²) in [6.07, 6.45) is 3.41. The minimum Gasteiger partial charge on any atom is -0.469 e. The molecule has 0 spiro atoms. The van der Waals surface area contributed by atoms with Gasteiger partial charge in [-0.3, -0.25) is 14.3 Å². The van der Waals surface area contributed by atoms with Crippen LogP contribution in [0.2, 0.25) is 0 Å². The van der Waals surface area contributed by atoms with Crippen LogP contribution in [0, 0.1) is 12.7 Å². The number of rotatable bonds is 8. The van der Waals surface area contributed by atoms with Crippen molar-refractivity contribution in [2.75, 3.05) is 4.90 Å². The SMILES string of the molecule is C=CCn1c(SCc2csc(N(C(C)=O)c3ccccc3F)n2)nnc1-c1ccoc1C. The zero-order valence-corrected chi connectivity index (χ0v) is 19.1. The van der Waals surface area contributed by atoms with Crippen LogP contribution >= 0.6 is 23.1 Å². The maximum absolute atomic E-state index is 14.3. The second-order valence-corrected chi connectivity index (χ2v) is 8.59. The molecule has 0 unspecified atom stereocenters. The first-order chi connectivity index (χ1) is 15.5. The number of nitrogens with zero attached hydrogens (tertiary/aromatic N) is 5. The van der Waals surface area contributed by atoms with Gasteiger partial charge >= 0.3 is 0 Å². The van der Waals surface area contributed by atoms with E-state index in [0.29, 0.717) is 28.4 Å². The fraction of sp³-hybridized carbons (Fsp3) is 0.182. The molecule has 0 saturated carbocycles. The van der Waals surface area contributed by atoms with Crippen LogP contribution in [0.5, 0.6) is 0 Å². The number of anilines is 2. The fourth-order valence-electron chi connectivity index (χ4n) is 3.15. The highest BCUT2D eigenvalue weighted by molar-refractivity contribution is 7.98. The number of hydrogen-bond donors (Lipinski definition) is 0. The van der Waals surface area contributed by atoms with E-state index >= 15 is 0 Å². The molecule has 0 fully saturated rings. The normalized spacial score (nSPS) is 11.0. The molecule has 1 aromatic carbocycles. The molecule has 3 heterocycles. The summed E-state index contributed by atoms with van der Waals surface area (Å²) in [6, 6.07) is 8.01. The summed E-state index contributed by atoms with van der Waals surface area (Å²) in [6.45, 7) is 7.64. The number of aromatic nitrogens is 4. The molecule has 0 saturated heterocycles. The van der Waals surface area contributed by atoms with Crippen molar-refractivity contribution in [2.24, 2.45) is 0 Å². The number of carbonyl (C=O) groups is 1. The van der Waals surface area contributed by atoms with Crippen LogP contribution in [0.25, 0.3) is 11.4 Å². The first-order valence-corrected chi connectivity index (χ1v) is 11.6. The summed E-state index contributed by atoms with van der Waals surface area (Å²) in [5, 5.41) is 11.6. The molecule has 1 amide bonds. The zero-order chi connectivity index (χ0) is 22.7. The van der Waals surface area contributed by atoms with Gasteiger partial charge in [0.2, 0.25) is 5.91 Å². The Morgan fingerprint density at radius 1 is 1.34 bits per heavy atom. The summed E-state index contributed by atoms with van der Waals surface area (Å²) < 4.78 is 21.6. The van der Waals surface area contributed by atoms with E-state index in [4.69, 9.17) is 4.42 Å². The third-order valence-electron chi connectivity index (χ3n) is 4.62. The number of benzene rings is 1. The lowest BCUT2D eigenvalue weighted by Crippen LogP contribution is -2.23. The third-order valence-corrected chi connectivity index (χ3v) is 6.49. The van der Waals surface area contributed by atoms with Gasteiger partial charge in [-0.15, -0.1) is 28.1 Å². The minimum absolute atomic E-state index is 0.180. The van der Waals surface area contributed by atoms with Gasteiger partial charge in [-0.25, -0.2) is 9.37 Å². The molecule has 32 heavy (non-hydrogen) atoms. The van der Waals surface area contributed by atoms with Gasteiger partial charge in [-0.1, -0.05) is 30.0 Å². The van der Waals surface area contributed by atoms with Gasteiger partial charge in [0, 0.05) is 24.6 Å². The highest BCUT2D eigenvalue weighted by Crippen LogP contribution is 2.33. The van der Waals surface area contributed by atoms with Crippen molar-refractivity contribution in [1.82, 2.24) is 19.7 Å². The number of para-hydroxylation sites is 1. The number of thioether (sulfide) groups is 1. The summed E-state index contributed by atoms with van der Waals surface area (Å²) in [4.78, 5) is 18.1. The Hall–Kier alpha value is -3.24. The fourth-order valence-corrected chi connectivity index (χ4v) is 4.98. The van der Waals surface area contributed by atoms with Crippen LogP contribution in [-0.2, 0) is 17.1 Å². The number of aryl methyl sites for hydroxylation is 1. The Labute approximate surface area is 192 Å². The lowest BCUT2D eigenvalue weighted by atomic mass is 10.2. The zero-order valence-electron chi connectivity index (χ0n) is 17.5. The van der Waals surface area contributed by atoms with E-state index in [1.165, 1.54) is 41.0 Å². The predicted molar refractivity (Wildman–Crippen MR) is 124 cm³/mol. The van der Waals surface area contributed by atoms with E-state index in [0.717, 1.165) is 17.0 Å². The second-order valence-electron chi connectivity index (χ2n) is 6.81. The molecule has 4 aromatic rings. The summed E-state index contributed by atoms with van der Waals surface area (Å²) >= 11 is 2.76. The molecular formula is C22H20FN5O2S2. The Kier molecular flexibility index (Phi) is 6.52. The van der Waals surface area contributed by atoms with Gasteiger partial charge in [-0.2, -0.15) is 0 Å². The number of halogens is 1. The average Bonchev–Trinajstić information content (AvgIpc) is 3.49. The van der Waals surface area contributed by atoms with E-state index in [-0.39, 0.29) is 11.6 Å². The van der Waals surface area contributed by atoms with Gasteiger partial charge in [0.25, 0.3) is 0 Å². The maximum Gasteiger partial charge on any atom is 0.230 e. The first kappa shape index (κ1) is 22.0. The first-order valence-electron chi connectivity index (χ1n) is 9.70. The van der Waals surface area contributed by atoms with E-state index < -0.39 is 5.82 Å². The number of amides is 1. The Morgan fingerprint density at radius 3 is 2.84 bits per heavy atom. The van der Waals surface area contributed by atoms with Crippen LogP contribution in [-0.4, -0.2) is 25.7 Å². The maximum atomic E-state index is 14.3. The summed E-state index contributed by atoms with van der Waals surface area (Å²) in [7, 11) is 0. The molecule has 10 heteroatoms. The molecule has 0 aliphatic carbocycles. The Bertz CT molecular complexity index is 1260. The van der Waals surface area contributed by atoms with Crippen molar-refractivity contribution in [3.8, 4) is 11.4 Å². The quantitative estimate of drug-likeness (QED) is 0.247. The molecular weight excluding hydrogens is 449 g/mol. The highest BCUT2D eigenvalue weighted by Gasteiger charge is 2.22. The van der Waals surface area contributed by atoms with E-state index in [1.807, 2.05) is 22.9 Å². The molecule has 0 aliphatic rings. The van der Waals surface area contributed by atoms with Gasteiger partial charge in [0.1, 0.15) is 11.6 Å². The number of allylic oxidation sites excluding steroid dienone is 1. The number of furan rings is 1. The number of carbonyl (C=O) groups excluding carboxylic acids is 1. The van der Waals surface area contributed by atoms with Crippen molar-refractivity contribution in [1.29, 1.82) is 0 Å². The molecule has 164 valence electrons. The van der Waals surface area contributed by atoms with E-state index in [9.17, 15) is 9.18 Å². The molecule has 7 nitrogen and oxygen atoms in total. The van der Waals surface area contributed by atoms with Gasteiger partial charge in [-0.05, 0) is 25.1 Å². The molecule has 3 aromatic heterocycles. The highest BCUT2D eigenvalue weighted by atomic mass is 32.2. The second kappa shape index (κ2) is 9.49. The standard InChI is InChI=1S/C22H20FN5O2S2/c1-4-10-27-20(17-9-11-30-14(17)2)25-26-22(27)32-13-16-12-31-21(24-16)28(15(3)29)19-8-6-5-7-18(19)23/h4-9,11-12H,1,10,13H2,2-3H3. The van der Waals surface area contributed by atoms with Crippen molar-refractivity contribution in [3.63, 3.8) is 0 Å².